The molecule has 8 rings (SSSR count). The van der Waals surface area contributed by atoms with Crippen molar-refractivity contribution in [2.45, 2.75) is 39.5 Å². The number of aryl methyl sites for hydroxylation is 3. The quantitative estimate of drug-likeness (QED) is 0.0416. The van der Waals surface area contributed by atoms with E-state index in [9.17, 15) is 45.5 Å². The molecule has 0 aliphatic rings. The zero-order valence-corrected chi connectivity index (χ0v) is 30.1. The van der Waals surface area contributed by atoms with E-state index in [-0.39, 0.29) is 67.6 Å². The molecule has 0 aliphatic carbocycles. The van der Waals surface area contributed by atoms with Crippen LogP contribution in [0.5, 0.6) is 5.75 Å². The van der Waals surface area contributed by atoms with Crippen LogP contribution in [0.3, 0.4) is 0 Å². The van der Waals surface area contributed by atoms with Gasteiger partial charge in [-0.3, -0.25) is 19.2 Å². The average molecular weight is 780 g/mol. The number of fused-ring (bicyclic) bond motifs is 2. The van der Waals surface area contributed by atoms with Crippen molar-refractivity contribution in [2.75, 3.05) is 0 Å². The number of ether oxygens (including phenoxy) is 1. The Hall–Kier alpha value is -6.76. The van der Waals surface area contributed by atoms with E-state index in [2.05, 4.69) is 0 Å². The Morgan fingerprint density at radius 1 is 0.702 bits per heavy atom. The molecule has 2 aromatic heterocycles. The summed E-state index contributed by atoms with van der Waals surface area (Å²) in [7, 11) is 0. The number of hydrogen-bond donors (Lipinski definition) is 0. The molecule has 7 nitrogen and oxygen atoms in total. The van der Waals surface area contributed by atoms with Crippen molar-refractivity contribution in [3.05, 3.63) is 151 Å². The summed E-state index contributed by atoms with van der Waals surface area (Å²) in [6.07, 6.45) is -9.75. The van der Waals surface area contributed by atoms with Crippen molar-refractivity contribution in [1.82, 2.24) is 4.57 Å². The number of aldehydes is 1. The summed E-state index contributed by atoms with van der Waals surface area (Å²) in [4.78, 5) is 53.0. The van der Waals surface area contributed by atoms with Gasteiger partial charge in [0.05, 0.1) is 23.2 Å². The lowest BCUT2D eigenvalue weighted by atomic mass is 9.87. The lowest BCUT2D eigenvalue weighted by molar-refractivity contribution is -0.143. The van der Waals surface area contributed by atoms with Gasteiger partial charge in [-0.2, -0.15) is 26.3 Å². The van der Waals surface area contributed by atoms with Crippen LogP contribution in [0.4, 0.5) is 26.3 Å². The molecule has 0 N–H and O–H groups in total. The standard InChI is InChI=1S/C44H27F6NO6/c1-21-12-29(13-22(2)34(21)20-52)56-36(53)15-24-8-10-28(11-9-24)51-41(54)32-14-23(3)40-39-37(30-6-4-5-7-35(30)57-40)31(19-33(38(32)39)42(51)55)25-16-26(43(45,46)47)18-27(17-25)44(48,49)50/h4-14,16-20H,15H2,1-3H3. The molecule has 0 radical (unpaired) electrons. The Morgan fingerprint density at radius 3 is 1.89 bits per heavy atom. The molecule has 0 atom stereocenters. The van der Waals surface area contributed by atoms with Gasteiger partial charge < -0.3 is 9.15 Å². The summed E-state index contributed by atoms with van der Waals surface area (Å²) in [6.45, 7) is 5.07. The fourth-order valence-electron chi connectivity index (χ4n) is 7.54. The zero-order chi connectivity index (χ0) is 40.7. The Balaban J connectivity index is 1.32. The maximum atomic E-state index is 14.5. The van der Waals surface area contributed by atoms with E-state index in [1.54, 1.807) is 57.2 Å². The first-order chi connectivity index (χ1) is 26.9. The number of aromatic nitrogens is 1. The topological polar surface area (TPSA) is 95.6 Å². The third-order valence-corrected chi connectivity index (χ3v) is 10.1. The van der Waals surface area contributed by atoms with Gasteiger partial charge in [0.25, 0.3) is 11.1 Å². The van der Waals surface area contributed by atoms with Gasteiger partial charge in [-0.05, 0) is 115 Å². The van der Waals surface area contributed by atoms with Crippen molar-refractivity contribution in [1.29, 1.82) is 0 Å². The number of esters is 1. The second kappa shape index (κ2) is 13.2. The minimum Gasteiger partial charge on any atom is -0.456 e. The van der Waals surface area contributed by atoms with Crippen LogP contribution in [-0.4, -0.2) is 16.8 Å². The molecule has 2 heterocycles. The predicted octanol–water partition coefficient (Wildman–Crippen LogP) is 10.4. The van der Waals surface area contributed by atoms with Crippen molar-refractivity contribution in [3.8, 4) is 22.6 Å². The number of carbonyl (C=O) groups excluding carboxylic acids is 2. The third-order valence-electron chi connectivity index (χ3n) is 10.1. The van der Waals surface area contributed by atoms with Crippen LogP contribution in [0.1, 0.15) is 43.7 Å². The number of hydrogen-bond acceptors (Lipinski definition) is 6. The maximum Gasteiger partial charge on any atom is 0.416 e. The Bertz CT molecular complexity index is 3050. The van der Waals surface area contributed by atoms with Crippen LogP contribution in [0.25, 0.3) is 60.3 Å². The molecule has 0 unspecified atom stereocenters. The highest BCUT2D eigenvalue weighted by molar-refractivity contribution is 6.30. The number of halogens is 6. The molecule has 57 heavy (non-hydrogen) atoms. The molecule has 6 aromatic carbocycles. The molecule has 0 amide bonds. The highest BCUT2D eigenvalue weighted by Crippen LogP contribution is 2.46. The average Bonchev–Trinajstić information content (AvgIpc) is 3.15. The van der Waals surface area contributed by atoms with E-state index >= 15 is 0 Å². The molecular formula is C44H27F6NO6. The molecule has 0 aliphatic heterocycles. The zero-order valence-electron chi connectivity index (χ0n) is 30.1. The minimum absolute atomic E-state index is 0.0354. The van der Waals surface area contributed by atoms with Gasteiger partial charge in [0, 0.05) is 37.9 Å². The Morgan fingerprint density at radius 2 is 1.30 bits per heavy atom. The first-order valence-corrected chi connectivity index (χ1v) is 17.4. The van der Waals surface area contributed by atoms with Gasteiger partial charge in [-0.1, -0.05) is 30.3 Å². The Kier molecular flexibility index (Phi) is 8.60. The van der Waals surface area contributed by atoms with Crippen molar-refractivity contribution in [2.24, 2.45) is 0 Å². The van der Waals surface area contributed by atoms with Crippen molar-refractivity contribution in [3.63, 3.8) is 0 Å². The third kappa shape index (κ3) is 6.28. The predicted molar refractivity (Wildman–Crippen MR) is 203 cm³/mol. The minimum atomic E-state index is -5.14. The van der Waals surface area contributed by atoms with E-state index < -0.39 is 46.1 Å². The van der Waals surface area contributed by atoms with Gasteiger partial charge in [0.1, 0.15) is 16.9 Å². The van der Waals surface area contributed by atoms with E-state index in [0.29, 0.717) is 45.3 Å². The fourth-order valence-corrected chi connectivity index (χ4v) is 7.54. The smallest absolute Gasteiger partial charge is 0.416 e. The van der Waals surface area contributed by atoms with Crippen LogP contribution in [0, 0.1) is 20.8 Å². The lowest BCUT2D eigenvalue weighted by Gasteiger charge is -2.20. The molecule has 0 saturated heterocycles. The SMILES string of the molecule is Cc1cc(OC(=O)Cc2ccc(-n3c(=O)c4cc(C)c5oc6ccccc6c6c(-c7cc(C(F)(F)F)cc(C(F)(F)F)c7)cc(c3=O)c4c56)cc2)cc(C)c1C=O. The molecule has 0 spiro atoms. The highest BCUT2D eigenvalue weighted by atomic mass is 19.4. The fraction of sp³-hybridized carbons (Fsp3) is 0.136. The summed E-state index contributed by atoms with van der Waals surface area (Å²) in [5, 5.41) is 0.808. The van der Waals surface area contributed by atoms with Crippen LogP contribution >= 0.6 is 0 Å². The largest absolute Gasteiger partial charge is 0.456 e. The van der Waals surface area contributed by atoms with Gasteiger partial charge in [-0.15, -0.1) is 0 Å². The number of benzene rings is 6. The second-order valence-corrected chi connectivity index (χ2v) is 13.9. The van der Waals surface area contributed by atoms with Crippen molar-refractivity contribution >= 4 is 55.7 Å². The van der Waals surface area contributed by atoms with Gasteiger partial charge in [-0.25, -0.2) is 4.57 Å². The van der Waals surface area contributed by atoms with Crippen LogP contribution in [0.15, 0.2) is 105 Å². The first-order valence-electron chi connectivity index (χ1n) is 17.4. The van der Waals surface area contributed by atoms with Gasteiger partial charge in [0.15, 0.2) is 6.29 Å². The monoisotopic (exact) mass is 779 g/mol. The van der Waals surface area contributed by atoms with Gasteiger partial charge in [0.2, 0.25) is 0 Å². The Labute approximate surface area is 317 Å². The second-order valence-electron chi connectivity index (χ2n) is 13.9. The number of pyridine rings is 1. The van der Waals surface area contributed by atoms with Gasteiger partial charge >= 0.3 is 18.3 Å². The van der Waals surface area contributed by atoms with E-state index in [1.807, 2.05) is 0 Å². The number of alkyl halides is 6. The normalized spacial score (nSPS) is 12.3. The molecule has 286 valence electrons. The number of rotatable bonds is 6. The molecule has 8 aromatic rings. The van der Waals surface area contributed by atoms with E-state index in [0.717, 1.165) is 10.9 Å². The maximum absolute atomic E-state index is 14.5. The molecule has 0 fully saturated rings. The highest BCUT2D eigenvalue weighted by Gasteiger charge is 2.37. The lowest BCUT2D eigenvalue weighted by Crippen LogP contribution is -2.32. The van der Waals surface area contributed by atoms with Crippen LogP contribution in [-0.2, 0) is 23.6 Å². The molecule has 0 bridgehead atoms. The number of para-hydroxylation sites is 1. The summed E-state index contributed by atoms with van der Waals surface area (Å²) >= 11 is 0. The van der Waals surface area contributed by atoms with Crippen LogP contribution < -0.4 is 15.9 Å². The molecule has 0 saturated carbocycles. The summed E-state index contributed by atoms with van der Waals surface area (Å²) < 4.78 is 97.4. The number of nitrogens with zero attached hydrogens (tertiary/aromatic N) is 1. The summed E-state index contributed by atoms with van der Waals surface area (Å²) in [5.74, 6) is -0.363. The summed E-state index contributed by atoms with van der Waals surface area (Å²) in [6, 6.07) is 19.5. The summed E-state index contributed by atoms with van der Waals surface area (Å²) in [5.41, 5.74) is -2.01. The molecular weight excluding hydrogens is 752 g/mol. The van der Waals surface area contributed by atoms with E-state index in [1.165, 1.54) is 36.4 Å². The first kappa shape index (κ1) is 37.2. The van der Waals surface area contributed by atoms with Crippen LogP contribution in [0.2, 0.25) is 0 Å². The number of carbonyl (C=O) groups is 2. The van der Waals surface area contributed by atoms with Crippen molar-refractivity contribution < 1.29 is 45.1 Å². The molecule has 13 heteroatoms. The van der Waals surface area contributed by atoms with E-state index in [4.69, 9.17) is 9.15 Å².